The predicted octanol–water partition coefficient (Wildman–Crippen LogP) is 5.29. The topological polar surface area (TPSA) is 77.8 Å². The van der Waals surface area contributed by atoms with Crippen LogP contribution in [0, 0.1) is 50.7 Å². The Morgan fingerprint density at radius 3 is 2.41 bits per heavy atom. The van der Waals surface area contributed by atoms with E-state index in [-0.39, 0.29) is 44.9 Å². The van der Waals surface area contributed by atoms with Crippen LogP contribution in [0.4, 0.5) is 0 Å². The SMILES string of the molecule is C[C@H](CC[C@@H](O)C(C)(C)O)[C@H]1CC[C@@]2(C)[C@H]3[C@@H](O)C[C@H]4C(C)(C)C(=O)C=C[C@@]45C[C@@]35CC[C@]12C. The van der Waals surface area contributed by atoms with Gasteiger partial charge in [-0.15, -0.1) is 0 Å². The van der Waals surface area contributed by atoms with Gasteiger partial charge in [-0.1, -0.05) is 40.7 Å². The molecule has 0 aromatic rings. The average molecular weight is 473 g/mol. The van der Waals surface area contributed by atoms with Crippen molar-refractivity contribution in [3.8, 4) is 0 Å². The molecule has 0 aromatic heterocycles. The van der Waals surface area contributed by atoms with Gasteiger partial charge in [0.2, 0.25) is 0 Å². The van der Waals surface area contributed by atoms with Crippen molar-refractivity contribution in [1.29, 1.82) is 0 Å². The second-order valence-electron chi connectivity index (χ2n) is 14.8. The molecule has 34 heavy (non-hydrogen) atoms. The van der Waals surface area contributed by atoms with E-state index in [0.717, 1.165) is 32.1 Å². The Balaban J connectivity index is 1.43. The first-order chi connectivity index (χ1) is 15.6. The number of carbonyl (C=O) groups excluding carboxylic acids is 1. The van der Waals surface area contributed by atoms with Crippen molar-refractivity contribution in [1.82, 2.24) is 0 Å². The highest BCUT2D eigenvalue weighted by Crippen LogP contribution is 2.87. The van der Waals surface area contributed by atoms with Gasteiger partial charge in [-0.25, -0.2) is 0 Å². The molecule has 10 atom stereocenters. The fraction of sp³-hybridized carbons (Fsp3) is 0.900. The Labute approximate surface area is 206 Å². The molecule has 5 aliphatic rings. The van der Waals surface area contributed by atoms with E-state index in [2.05, 4.69) is 40.7 Å². The number of hydrogen-bond donors (Lipinski definition) is 3. The Morgan fingerprint density at radius 2 is 1.76 bits per heavy atom. The molecule has 4 heteroatoms. The number of ketones is 1. The monoisotopic (exact) mass is 472 g/mol. The van der Waals surface area contributed by atoms with Crippen molar-refractivity contribution in [3.05, 3.63) is 12.2 Å². The molecule has 0 aliphatic heterocycles. The van der Waals surface area contributed by atoms with Crippen molar-refractivity contribution in [2.24, 2.45) is 50.7 Å². The molecule has 0 radical (unpaired) electrons. The molecule has 0 saturated heterocycles. The maximum Gasteiger partial charge on any atom is 0.161 e. The second kappa shape index (κ2) is 7.19. The van der Waals surface area contributed by atoms with Gasteiger partial charge in [0.1, 0.15) is 0 Å². The molecule has 5 rings (SSSR count). The van der Waals surface area contributed by atoms with Gasteiger partial charge in [-0.3, -0.25) is 4.79 Å². The van der Waals surface area contributed by atoms with Gasteiger partial charge in [0.05, 0.1) is 17.8 Å². The molecular formula is C30H48O4. The van der Waals surface area contributed by atoms with Crippen LogP contribution in [0.25, 0.3) is 0 Å². The van der Waals surface area contributed by atoms with Crippen molar-refractivity contribution in [2.45, 2.75) is 118 Å². The van der Waals surface area contributed by atoms with Crippen LogP contribution in [0.3, 0.4) is 0 Å². The first kappa shape index (κ1) is 25.0. The summed E-state index contributed by atoms with van der Waals surface area (Å²) < 4.78 is 0. The molecule has 192 valence electrons. The Hall–Kier alpha value is -0.710. The van der Waals surface area contributed by atoms with E-state index < -0.39 is 11.7 Å². The van der Waals surface area contributed by atoms with Crippen LogP contribution in [0.15, 0.2) is 12.2 Å². The molecule has 0 aromatic carbocycles. The van der Waals surface area contributed by atoms with Crippen LogP contribution in [-0.2, 0) is 4.79 Å². The number of fused-ring (bicyclic) bond motifs is 2. The minimum Gasteiger partial charge on any atom is -0.393 e. The van der Waals surface area contributed by atoms with E-state index in [9.17, 15) is 20.1 Å². The number of aliphatic hydroxyl groups excluding tert-OH is 2. The van der Waals surface area contributed by atoms with Gasteiger partial charge < -0.3 is 15.3 Å². The predicted molar refractivity (Wildman–Crippen MR) is 134 cm³/mol. The zero-order chi connectivity index (χ0) is 25.1. The molecule has 4 nitrogen and oxygen atoms in total. The lowest BCUT2D eigenvalue weighted by molar-refractivity contribution is -0.177. The minimum atomic E-state index is -1.06. The second-order valence-corrected chi connectivity index (χ2v) is 14.8. The summed E-state index contributed by atoms with van der Waals surface area (Å²) in [5.41, 5.74) is -0.946. The van der Waals surface area contributed by atoms with Crippen molar-refractivity contribution in [3.63, 3.8) is 0 Å². The van der Waals surface area contributed by atoms with Crippen molar-refractivity contribution in [2.75, 3.05) is 0 Å². The normalized spacial score (nSPS) is 50.6. The molecule has 0 heterocycles. The molecular weight excluding hydrogens is 424 g/mol. The maximum absolute atomic E-state index is 12.8. The van der Waals surface area contributed by atoms with Gasteiger partial charge in [-0.2, -0.15) is 0 Å². The molecule has 4 fully saturated rings. The number of hydrogen-bond acceptors (Lipinski definition) is 4. The lowest BCUT2D eigenvalue weighted by Gasteiger charge is -2.63. The third-order valence-corrected chi connectivity index (χ3v) is 12.8. The first-order valence-corrected chi connectivity index (χ1v) is 13.9. The minimum absolute atomic E-state index is 0.0897. The summed E-state index contributed by atoms with van der Waals surface area (Å²) in [7, 11) is 0. The molecule has 0 unspecified atom stereocenters. The third kappa shape index (κ3) is 2.91. The smallest absolute Gasteiger partial charge is 0.161 e. The maximum atomic E-state index is 12.8. The third-order valence-electron chi connectivity index (χ3n) is 12.8. The Kier molecular flexibility index (Phi) is 5.28. The summed E-state index contributed by atoms with van der Waals surface area (Å²) in [6.45, 7) is 14.9. The fourth-order valence-electron chi connectivity index (χ4n) is 10.5. The van der Waals surface area contributed by atoms with Crippen LogP contribution in [-0.4, -0.2) is 38.9 Å². The van der Waals surface area contributed by atoms with Gasteiger partial charge in [0.15, 0.2) is 5.78 Å². The summed E-state index contributed by atoms with van der Waals surface area (Å²) in [6, 6.07) is 0. The first-order valence-electron chi connectivity index (χ1n) is 13.9. The van der Waals surface area contributed by atoms with E-state index in [1.807, 2.05) is 6.08 Å². The average Bonchev–Trinajstić information content (AvgIpc) is 3.30. The molecule has 4 saturated carbocycles. The largest absolute Gasteiger partial charge is 0.393 e. The van der Waals surface area contributed by atoms with Gasteiger partial charge in [-0.05, 0) is 117 Å². The Bertz CT molecular complexity index is 900. The standard InChI is InChI=1S/C30H48O4/c1-18(8-9-23(33)26(4,5)34)19-10-12-28(7)24-20(31)16-21-25(2,3)22(32)11-13-29(21)17-30(24,29)15-14-27(19,28)6/h11,13,18-21,23-24,31,33-34H,8-10,12,14-17H2,1-7H3/t18-,19-,20+,21+,23-,24-,27-,28+,29-,30+/m1/s1. The van der Waals surface area contributed by atoms with E-state index in [4.69, 9.17) is 0 Å². The summed E-state index contributed by atoms with van der Waals surface area (Å²) in [4.78, 5) is 12.8. The summed E-state index contributed by atoms with van der Waals surface area (Å²) in [5, 5.41) is 32.4. The van der Waals surface area contributed by atoms with E-state index in [1.165, 1.54) is 12.8 Å². The highest BCUT2D eigenvalue weighted by Gasteiger charge is 2.83. The lowest BCUT2D eigenvalue weighted by atomic mass is 9.42. The number of carbonyl (C=O) groups is 1. The summed E-state index contributed by atoms with van der Waals surface area (Å²) >= 11 is 0. The lowest BCUT2D eigenvalue weighted by Crippen LogP contribution is -2.60. The van der Waals surface area contributed by atoms with E-state index in [0.29, 0.717) is 24.2 Å². The number of aliphatic hydroxyl groups is 3. The number of allylic oxidation sites excluding steroid dienone is 2. The fourth-order valence-corrected chi connectivity index (χ4v) is 10.5. The van der Waals surface area contributed by atoms with Crippen LogP contribution in [0.2, 0.25) is 0 Å². The van der Waals surface area contributed by atoms with Gasteiger partial charge >= 0.3 is 0 Å². The van der Waals surface area contributed by atoms with E-state index >= 15 is 0 Å². The zero-order valence-electron chi connectivity index (χ0n) is 22.5. The van der Waals surface area contributed by atoms with Crippen LogP contribution in [0.1, 0.15) is 99.8 Å². The Morgan fingerprint density at radius 1 is 1.09 bits per heavy atom. The van der Waals surface area contributed by atoms with E-state index in [1.54, 1.807) is 13.8 Å². The molecule has 2 spiro atoms. The van der Waals surface area contributed by atoms with Crippen molar-refractivity contribution < 1.29 is 20.1 Å². The van der Waals surface area contributed by atoms with Crippen LogP contribution < -0.4 is 0 Å². The number of rotatable bonds is 5. The highest BCUT2D eigenvalue weighted by molar-refractivity contribution is 5.96. The zero-order valence-corrected chi connectivity index (χ0v) is 22.5. The van der Waals surface area contributed by atoms with Gasteiger partial charge in [0.25, 0.3) is 0 Å². The molecule has 5 aliphatic carbocycles. The molecule has 3 N–H and O–H groups in total. The van der Waals surface area contributed by atoms with Crippen LogP contribution >= 0.6 is 0 Å². The van der Waals surface area contributed by atoms with Gasteiger partial charge in [0, 0.05) is 5.41 Å². The summed E-state index contributed by atoms with van der Waals surface area (Å²) in [5.74, 6) is 1.82. The highest BCUT2D eigenvalue weighted by atomic mass is 16.3. The molecule has 0 amide bonds. The summed E-state index contributed by atoms with van der Waals surface area (Å²) in [6.07, 6.45) is 11.2. The van der Waals surface area contributed by atoms with Crippen LogP contribution in [0.5, 0.6) is 0 Å². The van der Waals surface area contributed by atoms with Crippen molar-refractivity contribution >= 4 is 5.78 Å². The molecule has 0 bridgehead atoms. The quantitative estimate of drug-likeness (QED) is 0.508.